The molecule has 1 N–H and O–H groups in total. The zero-order valence-corrected chi connectivity index (χ0v) is 16.6. The van der Waals surface area contributed by atoms with Crippen LogP contribution in [0.3, 0.4) is 0 Å². The van der Waals surface area contributed by atoms with E-state index in [4.69, 9.17) is 9.73 Å². The minimum Gasteiger partial charge on any atom is -0.468 e. The second-order valence-corrected chi connectivity index (χ2v) is 7.25. The Bertz CT molecular complexity index is 941. The molecule has 2 atom stereocenters. The number of guanidine groups is 1. The summed E-state index contributed by atoms with van der Waals surface area (Å²) >= 11 is 0. The molecule has 0 saturated carbocycles. The Kier molecular flexibility index (Phi) is 5.65. The highest BCUT2D eigenvalue weighted by molar-refractivity contribution is 6.08. The van der Waals surface area contributed by atoms with Gasteiger partial charge in [-0.2, -0.15) is 0 Å². The van der Waals surface area contributed by atoms with Crippen LogP contribution in [-0.2, 0) is 14.3 Å². The summed E-state index contributed by atoms with van der Waals surface area (Å²) in [7, 11) is 1.27. The summed E-state index contributed by atoms with van der Waals surface area (Å²) in [6.45, 7) is 2.69. The fourth-order valence-corrected chi connectivity index (χ4v) is 3.84. The first-order valence-corrected chi connectivity index (χ1v) is 9.83. The van der Waals surface area contributed by atoms with Gasteiger partial charge in [-0.25, -0.2) is 9.38 Å². The molecule has 1 amide bonds. The van der Waals surface area contributed by atoms with E-state index in [-0.39, 0.29) is 5.82 Å². The van der Waals surface area contributed by atoms with Crippen LogP contribution in [0.4, 0.5) is 10.1 Å². The van der Waals surface area contributed by atoms with Gasteiger partial charge in [-0.15, -0.1) is 0 Å². The summed E-state index contributed by atoms with van der Waals surface area (Å²) in [4.78, 5) is 33.9. The molecule has 2 heterocycles. The molecule has 156 valence electrons. The highest BCUT2D eigenvalue weighted by atomic mass is 19.1. The number of hydrogen-bond donors (Lipinski definition) is 1. The molecule has 2 aromatic rings. The number of aliphatic imine (C=N–C) groups is 1. The van der Waals surface area contributed by atoms with Crippen LogP contribution in [0, 0.1) is 11.7 Å². The smallest absolute Gasteiger partial charge is 0.320 e. The highest BCUT2D eigenvalue weighted by Gasteiger charge is 2.41. The zero-order chi connectivity index (χ0) is 21.1. The third kappa shape index (κ3) is 3.98. The van der Waals surface area contributed by atoms with Crippen LogP contribution in [0.25, 0.3) is 0 Å². The molecule has 8 heteroatoms. The Morgan fingerprint density at radius 2 is 1.67 bits per heavy atom. The number of methoxy groups -OCH3 is 1. The van der Waals surface area contributed by atoms with Gasteiger partial charge in [0.1, 0.15) is 11.9 Å². The van der Waals surface area contributed by atoms with E-state index < -0.39 is 23.8 Å². The molecule has 2 aromatic carbocycles. The lowest BCUT2D eigenvalue weighted by Gasteiger charge is -2.39. The van der Waals surface area contributed by atoms with Gasteiger partial charge in [0, 0.05) is 31.9 Å². The molecule has 4 rings (SSSR count). The maximum Gasteiger partial charge on any atom is 0.320 e. The normalized spacial score (nSPS) is 21.7. The molecule has 30 heavy (non-hydrogen) atoms. The van der Waals surface area contributed by atoms with Gasteiger partial charge in [0.2, 0.25) is 11.9 Å². The minimum absolute atomic E-state index is 0.260. The third-order valence-electron chi connectivity index (χ3n) is 5.46. The van der Waals surface area contributed by atoms with Crippen LogP contribution in [0.15, 0.2) is 59.6 Å². The van der Waals surface area contributed by atoms with E-state index in [9.17, 15) is 14.0 Å². The van der Waals surface area contributed by atoms with Crippen molar-refractivity contribution in [1.29, 1.82) is 0 Å². The van der Waals surface area contributed by atoms with Gasteiger partial charge >= 0.3 is 5.97 Å². The van der Waals surface area contributed by atoms with E-state index in [0.717, 1.165) is 11.3 Å². The molecular formula is C22H23FN4O3. The Labute approximate surface area is 174 Å². The summed E-state index contributed by atoms with van der Waals surface area (Å²) in [5, 5.41) is 2.78. The average Bonchev–Trinajstić information content (AvgIpc) is 2.79. The first kappa shape index (κ1) is 19.9. The van der Waals surface area contributed by atoms with Crippen LogP contribution >= 0.6 is 0 Å². The molecule has 0 aromatic heterocycles. The lowest BCUT2D eigenvalue weighted by atomic mass is 9.91. The van der Waals surface area contributed by atoms with E-state index in [1.807, 2.05) is 35.2 Å². The number of benzene rings is 2. The van der Waals surface area contributed by atoms with Crippen LogP contribution in [-0.4, -0.2) is 56.0 Å². The van der Waals surface area contributed by atoms with Crippen molar-refractivity contribution in [3.63, 3.8) is 0 Å². The Morgan fingerprint density at radius 1 is 1.03 bits per heavy atom. The number of rotatable bonds is 3. The number of hydrogen-bond acceptors (Lipinski definition) is 6. The van der Waals surface area contributed by atoms with Gasteiger partial charge < -0.3 is 14.5 Å². The third-order valence-corrected chi connectivity index (χ3v) is 5.46. The first-order chi connectivity index (χ1) is 14.6. The van der Waals surface area contributed by atoms with Gasteiger partial charge in [0.05, 0.1) is 7.11 Å². The number of carbonyl (C=O) groups is 2. The van der Waals surface area contributed by atoms with Crippen molar-refractivity contribution in [2.75, 3.05) is 38.2 Å². The predicted octanol–water partition coefficient (Wildman–Crippen LogP) is 1.96. The number of anilines is 1. The minimum atomic E-state index is -1.03. The van der Waals surface area contributed by atoms with Gasteiger partial charge in [-0.3, -0.25) is 14.9 Å². The fourth-order valence-electron chi connectivity index (χ4n) is 3.84. The molecule has 2 aliphatic rings. The molecule has 0 bridgehead atoms. The van der Waals surface area contributed by atoms with Crippen molar-refractivity contribution in [3.05, 3.63) is 66.0 Å². The monoisotopic (exact) mass is 410 g/mol. The quantitative estimate of drug-likeness (QED) is 0.619. The van der Waals surface area contributed by atoms with E-state index in [0.29, 0.717) is 32.1 Å². The highest BCUT2D eigenvalue weighted by Crippen LogP contribution is 2.31. The molecule has 2 aliphatic heterocycles. The van der Waals surface area contributed by atoms with Gasteiger partial charge in [-0.05, 0) is 29.8 Å². The van der Waals surface area contributed by atoms with Crippen molar-refractivity contribution in [2.45, 2.75) is 6.04 Å². The standard InChI is InChI=1S/C22H23FN4O3/c1-30-21(29)18-19(15-5-3-2-4-6-15)24-22(25-20(18)28)27-13-11-26(12-14-27)17-9-7-16(23)8-10-17/h2-10,18-19H,11-14H2,1H3,(H,24,25,28)/t18-,19+/m0/s1. The molecule has 1 fully saturated rings. The largest absolute Gasteiger partial charge is 0.468 e. The molecular weight excluding hydrogens is 387 g/mol. The SMILES string of the molecule is COC(=O)[C@@H]1C(=O)NC(N2CCN(c3ccc(F)cc3)CC2)=N[C@@H]1c1ccccc1. The molecule has 7 nitrogen and oxygen atoms in total. The Morgan fingerprint density at radius 3 is 2.30 bits per heavy atom. The van der Waals surface area contributed by atoms with Crippen molar-refractivity contribution < 1.29 is 18.7 Å². The molecule has 0 unspecified atom stereocenters. The molecule has 0 spiro atoms. The number of piperazine rings is 1. The van der Waals surface area contributed by atoms with Crippen molar-refractivity contribution >= 4 is 23.5 Å². The number of ether oxygens (including phenoxy) is 1. The molecule has 1 saturated heterocycles. The second-order valence-electron chi connectivity index (χ2n) is 7.25. The number of nitrogens with one attached hydrogen (secondary N) is 1. The Hall–Kier alpha value is -3.42. The van der Waals surface area contributed by atoms with Gasteiger partial charge in [0.25, 0.3) is 0 Å². The van der Waals surface area contributed by atoms with Crippen LogP contribution in [0.2, 0.25) is 0 Å². The maximum atomic E-state index is 13.2. The fraction of sp³-hybridized carbons (Fsp3) is 0.318. The van der Waals surface area contributed by atoms with Crippen LogP contribution < -0.4 is 10.2 Å². The van der Waals surface area contributed by atoms with Gasteiger partial charge in [-0.1, -0.05) is 30.3 Å². The van der Waals surface area contributed by atoms with E-state index in [2.05, 4.69) is 10.2 Å². The molecule has 0 aliphatic carbocycles. The lowest BCUT2D eigenvalue weighted by Crippen LogP contribution is -2.57. The van der Waals surface area contributed by atoms with E-state index in [1.165, 1.54) is 19.2 Å². The van der Waals surface area contributed by atoms with Crippen molar-refractivity contribution in [3.8, 4) is 0 Å². The number of esters is 1. The lowest BCUT2D eigenvalue weighted by molar-refractivity contribution is -0.151. The zero-order valence-electron chi connectivity index (χ0n) is 16.6. The van der Waals surface area contributed by atoms with E-state index >= 15 is 0 Å². The van der Waals surface area contributed by atoms with Crippen molar-refractivity contribution in [2.24, 2.45) is 10.9 Å². The number of halogens is 1. The average molecular weight is 410 g/mol. The summed E-state index contributed by atoms with van der Waals surface area (Å²) in [6, 6.07) is 15.1. The predicted molar refractivity (Wildman–Crippen MR) is 110 cm³/mol. The topological polar surface area (TPSA) is 74.2 Å². The number of carbonyl (C=O) groups excluding carboxylic acids is 2. The first-order valence-electron chi connectivity index (χ1n) is 9.83. The number of amides is 1. The Balaban J connectivity index is 1.54. The van der Waals surface area contributed by atoms with Gasteiger partial charge in [0.15, 0.2) is 5.92 Å². The summed E-state index contributed by atoms with van der Waals surface area (Å²) in [6.07, 6.45) is 0. The van der Waals surface area contributed by atoms with E-state index in [1.54, 1.807) is 12.1 Å². The summed E-state index contributed by atoms with van der Waals surface area (Å²) in [5.41, 5.74) is 1.74. The maximum absolute atomic E-state index is 13.2. The summed E-state index contributed by atoms with van der Waals surface area (Å²) in [5.74, 6) is -1.84. The second kappa shape index (κ2) is 8.52. The summed E-state index contributed by atoms with van der Waals surface area (Å²) < 4.78 is 18.0. The van der Waals surface area contributed by atoms with Crippen molar-refractivity contribution in [1.82, 2.24) is 10.2 Å². The molecule has 0 radical (unpaired) electrons. The number of nitrogens with zero attached hydrogens (tertiary/aromatic N) is 3. The van der Waals surface area contributed by atoms with Crippen LogP contribution in [0.5, 0.6) is 0 Å². The van der Waals surface area contributed by atoms with Crippen LogP contribution in [0.1, 0.15) is 11.6 Å².